The molecule has 1 rings (SSSR count). The Labute approximate surface area is 149 Å². The van der Waals surface area contributed by atoms with Gasteiger partial charge in [-0.2, -0.15) is 0 Å². The van der Waals surface area contributed by atoms with Crippen molar-refractivity contribution in [3.63, 3.8) is 0 Å². The van der Waals surface area contributed by atoms with Crippen LogP contribution in [0, 0.1) is 0 Å². The number of pyridine rings is 1. The minimum atomic E-state index is -3.92. The van der Waals surface area contributed by atoms with Crippen LogP contribution in [0.5, 0.6) is 0 Å². The van der Waals surface area contributed by atoms with Gasteiger partial charge in [0.15, 0.2) is 12.4 Å². The Bertz CT molecular complexity index is 490. The van der Waals surface area contributed by atoms with E-state index in [0.717, 1.165) is 0 Å². The van der Waals surface area contributed by atoms with Gasteiger partial charge >= 0.3 is 0 Å². The maximum Gasteiger partial charge on any atom is 0.169 e. The summed E-state index contributed by atoms with van der Waals surface area (Å²) >= 11 is 0. The fraction of sp³-hybridized carbons (Fsp3) is 0.737. The SMILES string of the molecule is CCCCCCCCCC[n+]1ccc(CCC)cc1.CS(=O)(=O)[O-]. The average Bonchev–Trinajstić information content (AvgIpc) is 2.50. The molecule has 5 heteroatoms. The molecule has 1 aromatic rings. The molecule has 140 valence electrons. The Hall–Kier alpha value is -0.940. The summed E-state index contributed by atoms with van der Waals surface area (Å²) in [6.07, 6.45) is 18.7. The van der Waals surface area contributed by atoms with Gasteiger partial charge in [0, 0.05) is 24.8 Å². The van der Waals surface area contributed by atoms with Gasteiger partial charge in [0.25, 0.3) is 0 Å². The van der Waals surface area contributed by atoms with Crippen LogP contribution in [0.2, 0.25) is 0 Å². The van der Waals surface area contributed by atoms with E-state index in [1.54, 1.807) is 0 Å². The summed E-state index contributed by atoms with van der Waals surface area (Å²) in [5, 5.41) is 0. The highest BCUT2D eigenvalue weighted by Crippen LogP contribution is 2.08. The molecule has 0 aliphatic heterocycles. The Balaban J connectivity index is 0.000000922. The van der Waals surface area contributed by atoms with E-state index in [2.05, 4.69) is 42.9 Å². The number of unbranched alkanes of at least 4 members (excludes halogenated alkanes) is 7. The monoisotopic (exact) mass is 357 g/mol. The van der Waals surface area contributed by atoms with Gasteiger partial charge in [-0.05, 0) is 18.4 Å². The third kappa shape index (κ3) is 17.4. The van der Waals surface area contributed by atoms with E-state index < -0.39 is 10.1 Å². The van der Waals surface area contributed by atoms with E-state index in [-0.39, 0.29) is 0 Å². The van der Waals surface area contributed by atoms with Crippen molar-refractivity contribution < 1.29 is 17.5 Å². The molecule has 0 saturated carbocycles. The maximum atomic E-state index is 9.08. The molecule has 1 aromatic heterocycles. The van der Waals surface area contributed by atoms with Gasteiger partial charge in [-0.25, -0.2) is 13.0 Å². The molecule has 0 spiro atoms. The van der Waals surface area contributed by atoms with Crippen molar-refractivity contribution in [2.24, 2.45) is 0 Å². The lowest BCUT2D eigenvalue weighted by Gasteiger charge is -2.01. The van der Waals surface area contributed by atoms with Crippen LogP contribution < -0.4 is 4.57 Å². The van der Waals surface area contributed by atoms with Crippen molar-refractivity contribution in [1.29, 1.82) is 0 Å². The number of aromatic nitrogens is 1. The van der Waals surface area contributed by atoms with E-state index in [4.69, 9.17) is 13.0 Å². The predicted octanol–water partition coefficient (Wildman–Crippen LogP) is 4.23. The fourth-order valence-electron chi connectivity index (χ4n) is 2.52. The van der Waals surface area contributed by atoms with Crippen molar-refractivity contribution in [2.75, 3.05) is 6.26 Å². The quantitative estimate of drug-likeness (QED) is 0.338. The highest BCUT2D eigenvalue weighted by Gasteiger charge is 2.00. The molecular weight excluding hydrogens is 322 g/mol. The second-order valence-electron chi connectivity index (χ2n) is 6.37. The first-order valence-electron chi connectivity index (χ1n) is 9.25. The van der Waals surface area contributed by atoms with Crippen LogP contribution in [0.4, 0.5) is 0 Å². The van der Waals surface area contributed by atoms with E-state index in [9.17, 15) is 0 Å². The third-order valence-corrected chi connectivity index (χ3v) is 3.77. The Morgan fingerprint density at radius 3 is 1.79 bits per heavy atom. The Morgan fingerprint density at radius 2 is 1.33 bits per heavy atom. The normalized spacial score (nSPS) is 11.0. The maximum absolute atomic E-state index is 9.08. The van der Waals surface area contributed by atoms with E-state index in [0.29, 0.717) is 6.26 Å². The van der Waals surface area contributed by atoms with Crippen molar-refractivity contribution >= 4 is 10.1 Å². The second kappa shape index (κ2) is 14.4. The molecular formula is C19H35NO3S. The molecule has 4 nitrogen and oxygen atoms in total. The summed E-state index contributed by atoms with van der Waals surface area (Å²) in [6.45, 7) is 5.70. The van der Waals surface area contributed by atoms with Crippen LogP contribution in [0.15, 0.2) is 24.5 Å². The molecule has 0 aliphatic carbocycles. The zero-order valence-corrected chi connectivity index (χ0v) is 16.5. The molecule has 0 unspecified atom stereocenters. The van der Waals surface area contributed by atoms with Crippen molar-refractivity contribution in [3.05, 3.63) is 30.1 Å². The number of hydrogen-bond donors (Lipinski definition) is 0. The number of nitrogens with zero attached hydrogens (tertiary/aromatic N) is 1. The van der Waals surface area contributed by atoms with Gasteiger partial charge < -0.3 is 4.55 Å². The standard InChI is InChI=1S/C18H32N.CH4O3S/c1-3-5-6-7-8-9-10-11-15-19-16-13-18(12-4-2)14-17-19;1-5(2,3)4/h13-14,16-17H,3-12,15H2,1-2H3;1H3,(H,2,3,4)/q+1;/p-1. The molecule has 0 saturated heterocycles. The lowest BCUT2D eigenvalue weighted by molar-refractivity contribution is -0.697. The smallest absolute Gasteiger partial charge is 0.169 e. The molecule has 24 heavy (non-hydrogen) atoms. The largest absolute Gasteiger partial charge is 0.748 e. The highest BCUT2D eigenvalue weighted by molar-refractivity contribution is 7.84. The molecule has 0 aliphatic rings. The van der Waals surface area contributed by atoms with E-state index in [1.165, 1.54) is 76.3 Å². The first-order valence-corrected chi connectivity index (χ1v) is 11.1. The zero-order valence-electron chi connectivity index (χ0n) is 15.7. The summed E-state index contributed by atoms with van der Waals surface area (Å²) in [4.78, 5) is 0. The summed E-state index contributed by atoms with van der Waals surface area (Å²) in [7, 11) is -3.92. The summed E-state index contributed by atoms with van der Waals surface area (Å²) in [5.41, 5.74) is 1.47. The number of rotatable bonds is 11. The van der Waals surface area contributed by atoms with Crippen LogP contribution in [-0.4, -0.2) is 19.2 Å². The van der Waals surface area contributed by atoms with Gasteiger partial charge in [0.1, 0.15) is 6.54 Å². The van der Waals surface area contributed by atoms with Crippen LogP contribution in [0.3, 0.4) is 0 Å². The summed E-state index contributed by atoms with van der Waals surface area (Å²) < 4.78 is 29.6. The fourth-order valence-corrected chi connectivity index (χ4v) is 2.52. The number of hydrogen-bond acceptors (Lipinski definition) is 3. The van der Waals surface area contributed by atoms with Gasteiger partial charge in [0.05, 0.1) is 10.1 Å². The molecule has 0 atom stereocenters. The summed E-state index contributed by atoms with van der Waals surface area (Å²) in [5.74, 6) is 0. The molecule has 1 heterocycles. The first-order chi connectivity index (χ1) is 11.4. The Kier molecular flexibility index (Phi) is 13.8. The third-order valence-electron chi connectivity index (χ3n) is 3.77. The molecule has 0 fully saturated rings. The number of aryl methyl sites for hydroxylation is 2. The Morgan fingerprint density at radius 1 is 0.875 bits per heavy atom. The van der Waals surface area contributed by atoms with Gasteiger partial charge in [-0.3, -0.25) is 0 Å². The minimum Gasteiger partial charge on any atom is -0.748 e. The van der Waals surface area contributed by atoms with Crippen LogP contribution in [0.25, 0.3) is 0 Å². The average molecular weight is 358 g/mol. The minimum absolute atomic E-state index is 0.604. The molecule has 0 aromatic carbocycles. The molecule has 0 bridgehead atoms. The topological polar surface area (TPSA) is 61.1 Å². The molecule has 0 N–H and O–H groups in total. The summed E-state index contributed by atoms with van der Waals surface area (Å²) in [6, 6.07) is 4.54. The van der Waals surface area contributed by atoms with Crippen LogP contribution in [-0.2, 0) is 23.1 Å². The lowest BCUT2D eigenvalue weighted by Crippen LogP contribution is -2.32. The van der Waals surface area contributed by atoms with Crippen LogP contribution in [0.1, 0.15) is 77.2 Å². The van der Waals surface area contributed by atoms with Crippen LogP contribution >= 0.6 is 0 Å². The van der Waals surface area contributed by atoms with Gasteiger partial charge in [-0.1, -0.05) is 58.8 Å². The van der Waals surface area contributed by atoms with Gasteiger partial charge in [-0.15, -0.1) is 0 Å². The van der Waals surface area contributed by atoms with E-state index >= 15 is 0 Å². The van der Waals surface area contributed by atoms with E-state index in [1.807, 2.05) is 0 Å². The predicted molar refractivity (Wildman–Crippen MR) is 98.9 cm³/mol. The lowest BCUT2D eigenvalue weighted by atomic mass is 10.1. The van der Waals surface area contributed by atoms with Crippen molar-refractivity contribution in [3.8, 4) is 0 Å². The zero-order chi connectivity index (χ0) is 18.3. The van der Waals surface area contributed by atoms with Crippen molar-refractivity contribution in [2.45, 2.75) is 84.6 Å². The molecule has 0 amide bonds. The first kappa shape index (κ1) is 23.1. The van der Waals surface area contributed by atoms with Crippen molar-refractivity contribution in [1.82, 2.24) is 0 Å². The van der Waals surface area contributed by atoms with Gasteiger partial charge in [0.2, 0.25) is 0 Å². The second-order valence-corrected chi connectivity index (χ2v) is 7.78. The highest BCUT2D eigenvalue weighted by atomic mass is 32.2. The molecule has 0 radical (unpaired) electrons.